The second-order valence-electron chi connectivity index (χ2n) is 5.97. The van der Waals surface area contributed by atoms with Gasteiger partial charge in [0.1, 0.15) is 0 Å². The molecule has 3 rings (SSSR count). The molecule has 1 saturated carbocycles. The number of carbonyl (C=O) groups is 1. The number of ether oxygens (including phenoxy) is 2. The van der Waals surface area contributed by atoms with E-state index in [4.69, 9.17) is 14.6 Å². The molecule has 0 spiro atoms. The third kappa shape index (κ3) is 2.64. The number of halogens is 1. The van der Waals surface area contributed by atoms with Gasteiger partial charge in [-0.3, -0.25) is 4.79 Å². The van der Waals surface area contributed by atoms with E-state index in [0.717, 1.165) is 22.9 Å². The van der Waals surface area contributed by atoms with Gasteiger partial charge in [0, 0.05) is 18.3 Å². The number of fused-ring (bicyclic) bond motifs is 1. The van der Waals surface area contributed by atoms with Crippen molar-refractivity contribution in [1.29, 1.82) is 0 Å². The van der Waals surface area contributed by atoms with Crippen molar-refractivity contribution >= 4 is 21.9 Å². The van der Waals surface area contributed by atoms with Gasteiger partial charge in [0.25, 0.3) is 0 Å². The summed E-state index contributed by atoms with van der Waals surface area (Å²) in [5.74, 6) is 0.490. The lowest BCUT2D eigenvalue weighted by molar-refractivity contribution is -0.137. The highest BCUT2D eigenvalue weighted by atomic mass is 79.9. The van der Waals surface area contributed by atoms with Crippen LogP contribution in [0.4, 0.5) is 0 Å². The van der Waals surface area contributed by atoms with Gasteiger partial charge in [0.15, 0.2) is 11.5 Å². The van der Waals surface area contributed by atoms with Gasteiger partial charge in [0.05, 0.1) is 6.42 Å². The molecule has 1 aromatic carbocycles. The van der Waals surface area contributed by atoms with Gasteiger partial charge in [-0.2, -0.15) is 0 Å². The summed E-state index contributed by atoms with van der Waals surface area (Å²) in [6.45, 7) is 3.71. The summed E-state index contributed by atoms with van der Waals surface area (Å²) in [6.07, 6.45) is 2.36. The van der Waals surface area contributed by atoms with Gasteiger partial charge in [-0.05, 0) is 42.4 Å². The average molecular weight is 341 g/mol. The SMILES string of the molecule is CC1(C)Oc2cc(Br)c(C(CC(=O)O)C3CC3)cc2O1. The molecule has 108 valence electrons. The molecule has 1 fully saturated rings. The fraction of sp³-hybridized carbons (Fsp3) is 0.533. The molecule has 1 heterocycles. The van der Waals surface area contributed by atoms with Gasteiger partial charge in [-0.15, -0.1) is 0 Å². The molecule has 4 nitrogen and oxygen atoms in total. The topological polar surface area (TPSA) is 55.8 Å². The van der Waals surface area contributed by atoms with Crippen molar-refractivity contribution in [2.45, 2.75) is 44.8 Å². The predicted molar refractivity (Wildman–Crippen MR) is 77.2 cm³/mol. The molecule has 0 saturated heterocycles. The Morgan fingerprint density at radius 1 is 1.40 bits per heavy atom. The number of benzene rings is 1. The fourth-order valence-corrected chi connectivity index (χ4v) is 3.38. The number of hydrogen-bond acceptors (Lipinski definition) is 3. The van der Waals surface area contributed by atoms with Crippen LogP contribution in [0.3, 0.4) is 0 Å². The van der Waals surface area contributed by atoms with Crippen molar-refractivity contribution in [1.82, 2.24) is 0 Å². The van der Waals surface area contributed by atoms with Gasteiger partial charge >= 0.3 is 5.97 Å². The molecule has 0 bridgehead atoms. The van der Waals surface area contributed by atoms with Crippen LogP contribution in [0.1, 0.15) is 44.6 Å². The molecule has 5 heteroatoms. The van der Waals surface area contributed by atoms with Crippen LogP contribution in [0.25, 0.3) is 0 Å². The van der Waals surface area contributed by atoms with E-state index in [-0.39, 0.29) is 12.3 Å². The summed E-state index contributed by atoms with van der Waals surface area (Å²) in [5.41, 5.74) is 1.01. The third-order valence-electron chi connectivity index (χ3n) is 3.76. The number of carboxylic acids is 1. The zero-order valence-electron chi connectivity index (χ0n) is 11.5. The lowest BCUT2D eigenvalue weighted by atomic mass is 9.91. The Balaban J connectivity index is 1.96. The largest absolute Gasteiger partial charge is 0.481 e. The second-order valence-corrected chi connectivity index (χ2v) is 6.82. The van der Waals surface area contributed by atoms with E-state index >= 15 is 0 Å². The highest BCUT2D eigenvalue weighted by Gasteiger charge is 2.38. The summed E-state index contributed by atoms with van der Waals surface area (Å²) in [6, 6.07) is 3.82. The van der Waals surface area contributed by atoms with E-state index < -0.39 is 11.8 Å². The van der Waals surface area contributed by atoms with Crippen LogP contribution < -0.4 is 9.47 Å². The van der Waals surface area contributed by atoms with Crippen LogP contribution in [-0.2, 0) is 4.79 Å². The Morgan fingerprint density at radius 3 is 2.55 bits per heavy atom. The lowest BCUT2D eigenvalue weighted by Crippen LogP contribution is -2.29. The highest BCUT2D eigenvalue weighted by Crippen LogP contribution is 2.50. The zero-order chi connectivity index (χ0) is 14.5. The Labute approximate surface area is 126 Å². The molecule has 20 heavy (non-hydrogen) atoms. The minimum Gasteiger partial charge on any atom is -0.481 e. The molecule has 1 aromatic rings. The van der Waals surface area contributed by atoms with E-state index in [9.17, 15) is 4.79 Å². The number of hydrogen-bond donors (Lipinski definition) is 1. The molecule has 0 amide bonds. The zero-order valence-corrected chi connectivity index (χ0v) is 13.1. The van der Waals surface area contributed by atoms with Gasteiger partial charge < -0.3 is 14.6 Å². The molecule has 1 N–H and O–H groups in total. The van der Waals surface area contributed by atoms with Gasteiger partial charge in [-0.1, -0.05) is 15.9 Å². The molecule has 1 aliphatic carbocycles. The smallest absolute Gasteiger partial charge is 0.303 e. The summed E-state index contributed by atoms with van der Waals surface area (Å²) >= 11 is 3.55. The van der Waals surface area contributed by atoms with Crippen molar-refractivity contribution < 1.29 is 19.4 Å². The summed E-state index contributed by atoms with van der Waals surface area (Å²) in [7, 11) is 0. The van der Waals surface area contributed by atoms with E-state index in [2.05, 4.69) is 15.9 Å². The minimum atomic E-state index is -0.758. The molecule has 0 radical (unpaired) electrons. The van der Waals surface area contributed by atoms with Gasteiger partial charge in [-0.25, -0.2) is 0 Å². The van der Waals surface area contributed by atoms with Crippen molar-refractivity contribution in [2.24, 2.45) is 5.92 Å². The summed E-state index contributed by atoms with van der Waals surface area (Å²) in [4.78, 5) is 11.1. The quantitative estimate of drug-likeness (QED) is 0.902. The number of rotatable bonds is 4. The molecule has 0 aromatic heterocycles. The standard InChI is InChI=1S/C15H17BrO4/c1-15(2)19-12-5-10(11(16)7-13(12)20-15)9(6-14(17)18)8-3-4-8/h5,7-9H,3-4,6H2,1-2H3,(H,17,18). The summed E-state index contributed by atoms with van der Waals surface area (Å²) in [5, 5.41) is 9.12. The maximum absolute atomic E-state index is 11.1. The molecule has 1 aliphatic heterocycles. The molecular weight excluding hydrogens is 324 g/mol. The van der Waals surface area contributed by atoms with Crippen molar-refractivity contribution in [3.05, 3.63) is 22.2 Å². The minimum absolute atomic E-state index is 0.0412. The van der Waals surface area contributed by atoms with Crippen molar-refractivity contribution in [3.63, 3.8) is 0 Å². The Kier molecular flexibility index (Phi) is 3.20. The molecule has 1 unspecified atom stereocenters. The van der Waals surface area contributed by atoms with Crippen molar-refractivity contribution in [2.75, 3.05) is 0 Å². The Bertz CT molecular complexity index is 563. The monoisotopic (exact) mass is 340 g/mol. The molecule has 1 atom stereocenters. The lowest BCUT2D eigenvalue weighted by Gasteiger charge is -2.17. The maximum Gasteiger partial charge on any atom is 0.303 e. The first-order valence-corrected chi connectivity index (χ1v) is 7.58. The summed E-state index contributed by atoms with van der Waals surface area (Å²) < 4.78 is 12.4. The van der Waals surface area contributed by atoms with E-state index in [1.807, 2.05) is 26.0 Å². The Hall–Kier alpha value is -1.23. The van der Waals surface area contributed by atoms with Gasteiger partial charge in [0.2, 0.25) is 5.79 Å². The first-order valence-electron chi connectivity index (χ1n) is 6.79. The Morgan fingerprint density at radius 2 is 2.00 bits per heavy atom. The van der Waals surface area contributed by atoms with Crippen LogP contribution in [0.5, 0.6) is 11.5 Å². The van der Waals surface area contributed by atoms with E-state index in [1.54, 1.807) is 0 Å². The molecule has 2 aliphatic rings. The number of carboxylic acid groups (broad SMARTS) is 1. The van der Waals surface area contributed by atoms with Crippen LogP contribution in [0.15, 0.2) is 16.6 Å². The third-order valence-corrected chi connectivity index (χ3v) is 4.45. The number of aliphatic carboxylic acids is 1. The molecular formula is C15H17BrO4. The van der Waals surface area contributed by atoms with Crippen molar-refractivity contribution in [3.8, 4) is 11.5 Å². The maximum atomic E-state index is 11.1. The van der Waals surface area contributed by atoms with E-state index in [0.29, 0.717) is 17.4 Å². The predicted octanol–water partition coefficient (Wildman–Crippen LogP) is 3.92. The second kappa shape index (κ2) is 4.65. The average Bonchev–Trinajstić information content (AvgIpc) is 3.08. The fourth-order valence-electron chi connectivity index (χ4n) is 2.76. The van der Waals surface area contributed by atoms with Crippen LogP contribution in [-0.4, -0.2) is 16.9 Å². The van der Waals surface area contributed by atoms with Crippen LogP contribution >= 0.6 is 15.9 Å². The highest BCUT2D eigenvalue weighted by molar-refractivity contribution is 9.10. The first kappa shape index (κ1) is 13.7. The normalized spacial score (nSPS) is 20.8. The van der Waals surface area contributed by atoms with Crippen LogP contribution in [0, 0.1) is 5.92 Å². The van der Waals surface area contributed by atoms with Crippen LogP contribution in [0.2, 0.25) is 0 Å². The first-order chi connectivity index (χ1) is 9.35. The van der Waals surface area contributed by atoms with E-state index in [1.165, 1.54) is 0 Å².